The van der Waals surface area contributed by atoms with Crippen LogP contribution in [0, 0.1) is 0 Å². The second-order valence-corrected chi connectivity index (χ2v) is 7.25. The first-order valence-corrected chi connectivity index (χ1v) is 9.17. The Bertz CT molecular complexity index is 520. The Morgan fingerprint density at radius 1 is 1.35 bits per heavy atom. The SMILES string of the molecule is CN(CC(=O)N1CCSc2ccccc21)C1CCCNCC1.Cl. The number of amides is 1. The first-order chi connectivity index (χ1) is 10.8. The number of benzene rings is 1. The van der Waals surface area contributed by atoms with Crippen molar-refractivity contribution in [2.24, 2.45) is 0 Å². The van der Waals surface area contributed by atoms with E-state index in [1.165, 1.54) is 17.7 Å². The number of rotatable bonds is 3. The molecular formula is C17H26ClN3OS. The molecule has 2 aliphatic heterocycles. The molecule has 4 nitrogen and oxygen atoms in total. The fourth-order valence-corrected chi connectivity index (χ4v) is 4.29. The lowest BCUT2D eigenvalue weighted by molar-refractivity contribution is -0.120. The predicted molar refractivity (Wildman–Crippen MR) is 99.9 cm³/mol. The van der Waals surface area contributed by atoms with Crippen molar-refractivity contribution in [1.29, 1.82) is 0 Å². The Morgan fingerprint density at radius 3 is 3.04 bits per heavy atom. The van der Waals surface area contributed by atoms with Crippen molar-refractivity contribution < 1.29 is 4.79 Å². The number of anilines is 1. The zero-order valence-corrected chi connectivity index (χ0v) is 15.3. The van der Waals surface area contributed by atoms with Gasteiger partial charge in [0.15, 0.2) is 0 Å². The summed E-state index contributed by atoms with van der Waals surface area (Å²) in [6.07, 6.45) is 3.52. The summed E-state index contributed by atoms with van der Waals surface area (Å²) < 4.78 is 0. The Labute approximate surface area is 149 Å². The highest BCUT2D eigenvalue weighted by atomic mass is 35.5. The van der Waals surface area contributed by atoms with Gasteiger partial charge in [-0.15, -0.1) is 24.2 Å². The molecule has 1 amide bonds. The van der Waals surface area contributed by atoms with Gasteiger partial charge >= 0.3 is 0 Å². The molecule has 0 aliphatic carbocycles. The van der Waals surface area contributed by atoms with Crippen LogP contribution in [0.25, 0.3) is 0 Å². The molecule has 0 saturated carbocycles. The van der Waals surface area contributed by atoms with Gasteiger partial charge in [-0.2, -0.15) is 0 Å². The molecule has 1 unspecified atom stereocenters. The molecule has 0 aromatic heterocycles. The fourth-order valence-electron chi connectivity index (χ4n) is 3.30. The zero-order valence-electron chi connectivity index (χ0n) is 13.7. The largest absolute Gasteiger partial charge is 0.317 e. The van der Waals surface area contributed by atoms with Crippen LogP contribution >= 0.6 is 24.2 Å². The maximum Gasteiger partial charge on any atom is 0.241 e. The van der Waals surface area contributed by atoms with Crippen LogP contribution in [0.5, 0.6) is 0 Å². The minimum Gasteiger partial charge on any atom is -0.317 e. The van der Waals surface area contributed by atoms with Crippen LogP contribution in [0.3, 0.4) is 0 Å². The predicted octanol–water partition coefficient (Wildman–Crippen LogP) is 2.62. The summed E-state index contributed by atoms with van der Waals surface area (Å²) >= 11 is 1.84. The monoisotopic (exact) mass is 355 g/mol. The van der Waals surface area contributed by atoms with E-state index in [1.807, 2.05) is 28.8 Å². The van der Waals surface area contributed by atoms with E-state index in [2.05, 4.69) is 29.4 Å². The van der Waals surface area contributed by atoms with Gasteiger partial charge < -0.3 is 10.2 Å². The number of hydrogen-bond acceptors (Lipinski definition) is 4. The number of carbonyl (C=O) groups is 1. The summed E-state index contributed by atoms with van der Waals surface area (Å²) in [5.74, 6) is 1.22. The molecule has 0 bridgehead atoms. The van der Waals surface area contributed by atoms with Gasteiger partial charge in [0, 0.05) is 23.2 Å². The third-order valence-corrected chi connectivity index (χ3v) is 5.63. The summed E-state index contributed by atoms with van der Waals surface area (Å²) in [5.41, 5.74) is 1.08. The van der Waals surface area contributed by atoms with Gasteiger partial charge in [0.2, 0.25) is 5.91 Å². The normalized spacial score (nSPS) is 21.3. The molecule has 3 rings (SSSR count). The van der Waals surface area contributed by atoms with Gasteiger partial charge in [-0.3, -0.25) is 9.69 Å². The van der Waals surface area contributed by atoms with Crippen molar-refractivity contribution in [3.8, 4) is 0 Å². The molecule has 128 valence electrons. The third kappa shape index (κ3) is 4.63. The number of halogens is 1. The average Bonchev–Trinajstić information content (AvgIpc) is 2.83. The first kappa shape index (κ1) is 18.6. The molecule has 6 heteroatoms. The standard InChI is InChI=1S/C17H25N3OS.ClH/c1-19(14-5-4-9-18-10-8-14)13-17(21)20-11-12-22-16-7-3-2-6-15(16)20;/h2-3,6-7,14,18H,4-5,8-13H2,1H3;1H. The number of fused-ring (bicyclic) bond motifs is 1. The molecule has 0 radical (unpaired) electrons. The smallest absolute Gasteiger partial charge is 0.241 e. The van der Waals surface area contributed by atoms with Crippen LogP contribution in [0.4, 0.5) is 5.69 Å². The summed E-state index contributed by atoms with van der Waals surface area (Å²) in [5, 5.41) is 3.44. The highest BCUT2D eigenvalue weighted by Crippen LogP contribution is 2.34. The van der Waals surface area contributed by atoms with E-state index in [9.17, 15) is 4.79 Å². The number of thioether (sulfide) groups is 1. The highest BCUT2D eigenvalue weighted by molar-refractivity contribution is 7.99. The van der Waals surface area contributed by atoms with Gasteiger partial charge in [0.1, 0.15) is 0 Å². The van der Waals surface area contributed by atoms with Gasteiger partial charge in [-0.05, 0) is 51.5 Å². The number of hydrogen-bond donors (Lipinski definition) is 1. The lowest BCUT2D eigenvalue weighted by Crippen LogP contribution is -2.44. The molecule has 1 atom stereocenters. The second-order valence-electron chi connectivity index (χ2n) is 6.11. The number of nitrogens with one attached hydrogen (secondary N) is 1. The Morgan fingerprint density at radius 2 is 2.17 bits per heavy atom. The molecular weight excluding hydrogens is 330 g/mol. The van der Waals surface area contributed by atoms with Gasteiger partial charge in [-0.25, -0.2) is 0 Å². The van der Waals surface area contributed by atoms with E-state index in [4.69, 9.17) is 0 Å². The minimum absolute atomic E-state index is 0. The summed E-state index contributed by atoms with van der Waals surface area (Å²) in [6.45, 7) is 3.51. The molecule has 23 heavy (non-hydrogen) atoms. The maximum absolute atomic E-state index is 12.8. The Balaban J connectivity index is 0.00000192. The highest BCUT2D eigenvalue weighted by Gasteiger charge is 2.25. The van der Waals surface area contributed by atoms with Crippen molar-refractivity contribution in [3.63, 3.8) is 0 Å². The van der Waals surface area contributed by atoms with E-state index < -0.39 is 0 Å². The fraction of sp³-hybridized carbons (Fsp3) is 0.588. The topological polar surface area (TPSA) is 35.6 Å². The zero-order chi connectivity index (χ0) is 15.4. The first-order valence-electron chi connectivity index (χ1n) is 8.19. The van der Waals surface area contributed by atoms with Crippen molar-refractivity contribution in [2.45, 2.75) is 30.2 Å². The number of likely N-dealkylation sites (N-methyl/N-ethyl adjacent to an activating group) is 1. The number of nitrogens with zero attached hydrogens (tertiary/aromatic N) is 2. The van der Waals surface area contributed by atoms with E-state index in [1.54, 1.807) is 0 Å². The molecule has 0 spiro atoms. The quantitative estimate of drug-likeness (QED) is 0.904. The minimum atomic E-state index is 0. The van der Waals surface area contributed by atoms with Crippen molar-refractivity contribution >= 4 is 35.8 Å². The lowest BCUT2D eigenvalue weighted by Gasteiger charge is -2.32. The van der Waals surface area contributed by atoms with Crippen LogP contribution in [-0.2, 0) is 4.79 Å². The van der Waals surface area contributed by atoms with Crippen molar-refractivity contribution in [2.75, 3.05) is 43.9 Å². The molecule has 2 heterocycles. The average molecular weight is 356 g/mol. The Hall–Kier alpha value is -0.750. The van der Waals surface area contributed by atoms with E-state index in [-0.39, 0.29) is 18.3 Å². The maximum atomic E-state index is 12.8. The van der Waals surface area contributed by atoms with Gasteiger partial charge in [0.25, 0.3) is 0 Å². The van der Waals surface area contributed by atoms with Crippen molar-refractivity contribution in [1.82, 2.24) is 10.2 Å². The molecule has 2 aliphatic rings. The lowest BCUT2D eigenvalue weighted by atomic mass is 10.1. The Kier molecular flexibility index (Phi) is 7.21. The number of carbonyl (C=O) groups excluding carboxylic acids is 1. The molecule has 1 saturated heterocycles. The van der Waals surface area contributed by atoms with Crippen LogP contribution in [-0.4, -0.2) is 55.8 Å². The van der Waals surface area contributed by atoms with Gasteiger partial charge in [-0.1, -0.05) is 12.1 Å². The third-order valence-electron chi connectivity index (χ3n) is 4.58. The van der Waals surface area contributed by atoms with E-state index >= 15 is 0 Å². The van der Waals surface area contributed by atoms with Crippen LogP contribution in [0.2, 0.25) is 0 Å². The van der Waals surface area contributed by atoms with E-state index in [0.717, 1.165) is 37.5 Å². The molecule has 1 fully saturated rings. The summed E-state index contributed by atoms with van der Waals surface area (Å²) in [6, 6.07) is 8.76. The van der Waals surface area contributed by atoms with Crippen LogP contribution < -0.4 is 10.2 Å². The second kappa shape index (κ2) is 8.92. The molecule has 1 N–H and O–H groups in total. The van der Waals surface area contributed by atoms with Crippen LogP contribution in [0.1, 0.15) is 19.3 Å². The number of para-hydroxylation sites is 1. The van der Waals surface area contributed by atoms with Gasteiger partial charge in [0.05, 0.1) is 12.2 Å². The summed E-state index contributed by atoms with van der Waals surface area (Å²) in [4.78, 5) is 18.2. The van der Waals surface area contributed by atoms with Crippen molar-refractivity contribution in [3.05, 3.63) is 24.3 Å². The molecule has 1 aromatic carbocycles. The molecule has 1 aromatic rings. The van der Waals surface area contributed by atoms with Crippen LogP contribution in [0.15, 0.2) is 29.2 Å². The summed E-state index contributed by atoms with van der Waals surface area (Å²) in [7, 11) is 2.10. The van der Waals surface area contributed by atoms with E-state index in [0.29, 0.717) is 12.6 Å².